The van der Waals surface area contributed by atoms with Crippen molar-refractivity contribution < 1.29 is 8.42 Å². The van der Waals surface area contributed by atoms with E-state index in [2.05, 4.69) is 19.9 Å². The Balaban J connectivity index is 1.47. The number of para-hydroxylation sites is 1. The lowest BCUT2D eigenvalue weighted by atomic mass is 10.1. The highest BCUT2D eigenvalue weighted by molar-refractivity contribution is 7.98. The summed E-state index contributed by atoms with van der Waals surface area (Å²) in [6, 6.07) is 32.7. The zero-order valence-electron chi connectivity index (χ0n) is 22.6. The first-order chi connectivity index (χ1) is 20.9. The van der Waals surface area contributed by atoms with Gasteiger partial charge in [0.25, 0.3) is 0 Å². The number of hydrogen-bond donors (Lipinski definition) is 1. The van der Waals surface area contributed by atoms with Gasteiger partial charge in [0, 0.05) is 22.4 Å². The van der Waals surface area contributed by atoms with E-state index in [1.165, 1.54) is 11.8 Å². The standard InChI is InChI=1S/C32H25Cl2N5O2S2/c33-25-16-17-28(26(34)20-25)39-31(36-37-32(39)42-21-23-11-5-2-6-12-23)27(19-22-9-3-1-4-10-22)38-43(40,41)29-15-7-13-24-14-8-18-35-30(24)29/h1-18,20,27,38H,19,21H2. The Kier molecular flexibility index (Phi) is 8.78. The van der Waals surface area contributed by atoms with Crippen molar-refractivity contribution in [1.29, 1.82) is 0 Å². The van der Waals surface area contributed by atoms with Crippen molar-refractivity contribution in [2.45, 2.75) is 28.3 Å². The van der Waals surface area contributed by atoms with Crippen LogP contribution < -0.4 is 4.72 Å². The second-order valence-electron chi connectivity index (χ2n) is 9.74. The number of halogens is 2. The fraction of sp³-hybridized carbons (Fsp3) is 0.0938. The van der Waals surface area contributed by atoms with Crippen molar-refractivity contribution >= 4 is 55.9 Å². The van der Waals surface area contributed by atoms with E-state index in [1.54, 1.807) is 42.6 Å². The smallest absolute Gasteiger partial charge is 0.243 e. The normalized spacial score (nSPS) is 12.4. The van der Waals surface area contributed by atoms with Crippen LogP contribution in [0.3, 0.4) is 0 Å². The van der Waals surface area contributed by atoms with Crippen LogP contribution in [0.1, 0.15) is 23.0 Å². The highest BCUT2D eigenvalue weighted by Gasteiger charge is 2.30. The van der Waals surface area contributed by atoms with Gasteiger partial charge >= 0.3 is 0 Å². The van der Waals surface area contributed by atoms with Crippen LogP contribution in [0.2, 0.25) is 10.0 Å². The summed E-state index contributed by atoms with van der Waals surface area (Å²) < 4.78 is 32.8. The second kappa shape index (κ2) is 12.9. The number of pyridine rings is 1. The molecule has 43 heavy (non-hydrogen) atoms. The summed E-state index contributed by atoms with van der Waals surface area (Å²) in [4.78, 5) is 4.45. The zero-order chi connectivity index (χ0) is 29.8. The second-order valence-corrected chi connectivity index (χ2v) is 13.2. The molecule has 1 unspecified atom stereocenters. The van der Waals surface area contributed by atoms with Crippen LogP contribution in [0.4, 0.5) is 0 Å². The summed E-state index contributed by atoms with van der Waals surface area (Å²) in [6.45, 7) is 0. The monoisotopic (exact) mass is 645 g/mol. The molecule has 1 atom stereocenters. The number of nitrogens with zero attached hydrogens (tertiary/aromatic N) is 4. The molecule has 6 rings (SSSR count). The number of benzene rings is 4. The minimum atomic E-state index is -4.07. The molecule has 11 heteroatoms. The van der Waals surface area contributed by atoms with Gasteiger partial charge < -0.3 is 0 Å². The number of fused-ring (bicyclic) bond motifs is 1. The molecule has 2 aromatic heterocycles. The third-order valence-electron chi connectivity index (χ3n) is 6.80. The number of nitrogens with one attached hydrogen (secondary N) is 1. The molecule has 0 saturated heterocycles. The van der Waals surface area contributed by atoms with Crippen LogP contribution in [0.25, 0.3) is 16.6 Å². The van der Waals surface area contributed by atoms with E-state index in [9.17, 15) is 8.42 Å². The van der Waals surface area contributed by atoms with Crippen LogP contribution >= 0.6 is 35.0 Å². The van der Waals surface area contributed by atoms with Gasteiger partial charge in [0.2, 0.25) is 10.0 Å². The Hall–Kier alpha value is -3.73. The van der Waals surface area contributed by atoms with Crippen LogP contribution in [0, 0.1) is 0 Å². The average Bonchev–Trinajstić information content (AvgIpc) is 3.44. The predicted octanol–water partition coefficient (Wildman–Crippen LogP) is 7.68. The average molecular weight is 647 g/mol. The van der Waals surface area contributed by atoms with Gasteiger partial charge in [-0.2, -0.15) is 4.72 Å². The molecule has 1 N–H and O–H groups in total. The largest absolute Gasteiger partial charge is 0.271 e. The maximum atomic E-state index is 14.0. The summed E-state index contributed by atoms with van der Waals surface area (Å²) in [5, 5.41) is 11.2. The first kappa shape index (κ1) is 29.3. The van der Waals surface area contributed by atoms with Crippen LogP contribution in [0.15, 0.2) is 125 Å². The van der Waals surface area contributed by atoms with Crippen LogP contribution in [-0.2, 0) is 22.2 Å². The van der Waals surface area contributed by atoms with Gasteiger partial charge in [0.1, 0.15) is 4.90 Å². The summed E-state index contributed by atoms with van der Waals surface area (Å²) in [5.74, 6) is 1.02. The predicted molar refractivity (Wildman–Crippen MR) is 172 cm³/mol. The number of sulfonamides is 1. The van der Waals surface area contributed by atoms with E-state index in [0.29, 0.717) is 44.4 Å². The minimum absolute atomic E-state index is 0.0814. The van der Waals surface area contributed by atoms with E-state index in [4.69, 9.17) is 23.2 Å². The highest BCUT2D eigenvalue weighted by atomic mass is 35.5. The minimum Gasteiger partial charge on any atom is -0.271 e. The van der Waals surface area contributed by atoms with Crippen molar-refractivity contribution in [3.63, 3.8) is 0 Å². The SMILES string of the molecule is O=S(=O)(NC(Cc1ccccc1)c1nnc(SCc2ccccc2)n1-c1ccc(Cl)cc1Cl)c1cccc2cccnc12. The summed E-state index contributed by atoms with van der Waals surface area (Å²) in [7, 11) is -4.07. The fourth-order valence-corrected chi connectivity index (χ4v) is 7.56. The van der Waals surface area contributed by atoms with E-state index in [-0.39, 0.29) is 4.90 Å². The van der Waals surface area contributed by atoms with Crippen molar-refractivity contribution in [3.05, 3.63) is 142 Å². The van der Waals surface area contributed by atoms with Crippen molar-refractivity contribution in [2.24, 2.45) is 0 Å². The first-order valence-electron chi connectivity index (χ1n) is 13.4. The molecule has 6 aromatic rings. The van der Waals surface area contributed by atoms with Crippen LogP contribution in [-0.4, -0.2) is 28.2 Å². The Morgan fingerprint density at radius 2 is 1.53 bits per heavy atom. The van der Waals surface area contributed by atoms with Gasteiger partial charge in [-0.25, -0.2) is 8.42 Å². The van der Waals surface area contributed by atoms with Gasteiger partial charge in [0.15, 0.2) is 11.0 Å². The lowest BCUT2D eigenvalue weighted by Crippen LogP contribution is -2.32. The maximum absolute atomic E-state index is 14.0. The topological polar surface area (TPSA) is 89.8 Å². The summed E-state index contributed by atoms with van der Waals surface area (Å²) >= 11 is 14.4. The summed E-state index contributed by atoms with van der Waals surface area (Å²) in [6.07, 6.45) is 1.89. The maximum Gasteiger partial charge on any atom is 0.243 e. The molecule has 0 aliphatic rings. The van der Waals surface area contributed by atoms with Crippen molar-refractivity contribution in [2.75, 3.05) is 0 Å². The van der Waals surface area contributed by atoms with Gasteiger partial charge in [-0.15, -0.1) is 10.2 Å². The van der Waals surface area contributed by atoms with Crippen molar-refractivity contribution in [3.8, 4) is 5.69 Å². The van der Waals surface area contributed by atoms with Crippen LogP contribution in [0.5, 0.6) is 0 Å². The molecule has 0 radical (unpaired) electrons. The molecular weight excluding hydrogens is 621 g/mol. The molecule has 2 heterocycles. The number of rotatable bonds is 10. The Morgan fingerprint density at radius 1 is 0.814 bits per heavy atom. The molecule has 0 spiro atoms. The lowest BCUT2D eigenvalue weighted by molar-refractivity contribution is 0.538. The van der Waals surface area contributed by atoms with E-state index in [0.717, 1.165) is 16.5 Å². The molecule has 0 aliphatic carbocycles. The molecule has 0 aliphatic heterocycles. The molecular formula is C32H25Cl2N5O2S2. The number of thioether (sulfide) groups is 1. The third-order valence-corrected chi connectivity index (χ3v) is 9.84. The van der Waals surface area contributed by atoms with Gasteiger partial charge in [0.05, 0.1) is 22.3 Å². The Morgan fingerprint density at radius 3 is 2.28 bits per heavy atom. The highest BCUT2D eigenvalue weighted by Crippen LogP contribution is 2.34. The Labute approximate surface area is 264 Å². The van der Waals surface area contributed by atoms with E-state index in [1.807, 2.05) is 77.4 Å². The lowest BCUT2D eigenvalue weighted by Gasteiger charge is -2.21. The van der Waals surface area contributed by atoms with E-state index >= 15 is 0 Å². The molecule has 216 valence electrons. The molecule has 0 fully saturated rings. The molecule has 0 amide bonds. The number of aromatic nitrogens is 4. The van der Waals surface area contributed by atoms with Crippen molar-refractivity contribution in [1.82, 2.24) is 24.5 Å². The molecule has 7 nitrogen and oxygen atoms in total. The first-order valence-corrected chi connectivity index (χ1v) is 16.6. The van der Waals surface area contributed by atoms with Gasteiger partial charge in [-0.05, 0) is 47.9 Å². The molecule has 0 saturated carbocycles. The van der Waals surface area contributed by atoms with Gasteiger partial charge in [-0.1, -0.05) is 114 Å². The third kappa shape index (κ3) is 6.61. The quantitative estimate of drug-likeness (QED) is 0.154. The number of hydrogen-bond acceptors (Lipinski definition) is 6. The zero-order valence-corrected chi connectivity index (χ0v) is 25.8. The van der Waals surface area contributed by atoms with Gasteiger partial charge in [-0.3, -0.25) is 9.55 Å². The molecule has 0 bridgehead atoms. The van der Waals surface area contributed by atoms with E-state index < -0.39 is 16.1 Å². The Bertz CT molecular complexity index is 1980. The molecule has 4 aromatic carbocycles. The summed E-state index contributed by atoms with van der Waals surface area (Å²) in [5.41, 5.74) is 3.00. The fourth-order valence-electron chi connectivity index (χ4n) is 4.79.